The summed E-state index contributed by atoms with van der Waals surface area (Å²) in [5.74, 6) is 1.19. The molecule has 1 rings (SSSR count). The highest BCUT2D eigenvalue weighted by molar-refractivity contribution is 5.91. The summed E-state index contributed by atoms with van der Waals surface area (Å²) in [4.78, 5) is 11.4. The molecule has 0 heterocycles. The predicted octanol–water partition coefficient (Wildman–Crippen LogP) is 2.96. The molecule has 2 unspecified atom stereocenters. The minimum atomic E-state index is 0.265. The Balaban J connectivity index is 2.58. The highest BCUT2D eigenvalue weighted by atomic mass is 16.1. The first kappa shape index (κ1) is 9.50. The monoisotopic (exact) mass is 166 g/mol. The third-order valence-corrected chi connectivity index (χ3v) is 3.00. The van der Waals surface area contributed by atoms with Crippen molar-refractivity contribution in [3.05, 3.63) is 12.7 Å². The summed E-state index contributed by atoms with van der Waals surface area (Å²) in [6, 6.07) is 0. The third kappa shape index (κ3) is 1.96. The van der Waals surface area contributed by atoms with Gasteiger partial charge in [0, 0.05) is 5.92 Å². The van der Waals surface area contributed by atoms with E-state index in [0.717, 1.165) is 12.8 Å². The Kier molecular flexibility index (Phi) is 3.51. The van der Waals surface area contributed by atoms with Crippen molar-refractivity contribution in [2.24, 2.45) is 11.8 Å². The average Bonchev–Trinajstić information content (AvgIpc) is 2.16. The van der Waals surface area contributed by atoms with Crippen molar-refractivity contribution in [3.8, 4) is 0 Å². The van der Waals surface area contributed by atoms with Crippen molar-refractivity contribution < 1.29 is 4.79 Å². The number of carbonyl (C=O) groups excluding carboxylic acids is 1. The molecule has 0 aromatic rings. The van der Waals surface area contributed by atoms with Gasteiger partial charge in [0.25, 0.3) is 0 Å². The van der Waals surface area contributed by atoms with Crippen molar-refractivity contribution in [3.63, 3.8) is 0 Å². The zero-order valence-electron chi connectivity index (χ0n) is 7.88. The molecule has 0 aromatic heterocycles. The molecule has 0 saturated heterocycles. The van der Waals surface area contributed by atoms with Crippen LogP contribution >= 0.6 is 0 Å². The van der Waals surface area contributed by atoms with Crippen molar-refractivity contribution >= 4 is 5.78 Å². The second-order valence-electron chi connectivity index (χ2n) is 3.67. The van der Waals surface area contributed by atoms with Gasteiger partial charge < -0.3 is 0 Å². The molecule has 1 fully saturated rings. The van der Waals surface area contributed by atoms with Crippen molar-refractivity contribution in [1.82, 2.24) is 0 Å². The van der Waals surface area contributed by atoms with Gasteiger partial charge in [-0.3, -0.25) is 4.79 Å². The lowest BCUT2D eigenvalue weighted by Gasteiger charge is -2.28. The average molecular weight is 166 g/mol. The maximum absolute atomic E-state index is 11.4. The Morgan fingerprint density at radius 2 is 2.17 bits per heavy atom. The number of hydrogen-bond acceptors (Lipinski definition) is 1. The van der Waals surface area contributed by atoms with Crippen LogP contribution in [0, 0.1) is 11.8 Å². The fraction of sp³-hybridized carbons (Fsp3) is 0.727. The lowest BCUT2D eigenvalue weighted by atomic mass is 9.76. The maximum atomic E-state index is 11.4. The van der Waals surface area contributed by atoms with Gasteiger partial charge in [0.05, 0.1) is 0 Å². The third-order valence-electron chi connectivity index (χ3n) is 3.00. The summed E-state index contributed by atoms with van der Waals surface area (Å²) >= 11 is 0. The Morgan fingerprint density at radius 1 is 1.50 bits per heavy atom. The fourth-order valence-electron chi connectivity index (χ4n) is 2.22. The van der Waals surface area contributed by atoms with Crippen LogP contribution in [0.1, 0.15) is 39.0 Å². The van der Waals surface area contributed by atoms with Crippen molar-refractivity contribution in [2.45, 2.75) is 39.0 Å². The van der Waals surface area contributed by atoms with E-state index < -0.39 is 0 Å². The molecule has 0 aliphatic heterocycles. The van der Waals surface area contributed by atoms with Gasteiger partial charge >= 0.3 is 0 Å². The van der Waals surface area contributed by atoms with Crippen LogP contribution < -0.4 is 0 Å². The number of hydrogen-bond donors (Lipinski definition) is 0. The van der Waals surface area contributed by atoms with E-state index in [1.807, 2.05) is 0 Å². The lowest BCUT2D eigenvalue weighted by Crippen LogP contribution is -2.25. The van der Waals surface area contributed by atoms with E-state index in [4.69, 9.17) is 0 Å². The molecular formula is C11H18O. The minimum Gasteiger partial charge on any atom is -0.295 e. The van der Waals surface area contributed by atoms with Crippen LogP contribution in [0.25, 0.3) is 0 Å². The van der Waals surface area contributed by atoms with Gasteiger partial charge in [-0.2, -0.15) is 0 Å². The molecule has 12 heavy (non-hydrogen) atoms. The molecule has 2 atom stereocenters. The molecule has 0 radical (unpaired) electrons. The van der Waals surface area contributed by atoms with Gasteiger partial charge in [-0.1, -0.05) is 32.8 Å². The Morgan fingerprint density at radius 3 is 2.75 bits per heavy atom. The van der Waals surface area contributed by atoms with Crippen LogP contribution in [0.4, 0.5) is 0 Å². The molecule has 1 nitrogen and oxygen atoms in total. The Bertz CT molecular complexity index is 172. The van der Waals surface area contributed by atoms with E-state index in [1.54, 1.807) is 0 Å². The summed E-state index contributed by atoms with van der Waals surface area (Å²) in [7, 11) is 0. The van der Waals surface area contributed by atoms with Gasteiger partial charge in [-0.15, -0.1) is 0 Å². The SMILES string of the molecule is C=CC(=O)C1CCCCC1CC. The van der Waals surface area contributed by atoms with Gasteiger partial charge in [-0.05, 0) is 24.8 Å². The van der Waals surface area contributed by atoms with Crippen LogP contribution in [0.15, 0.2) is 12.7 Å². The molecule has 0 N–H and O–H groups in total. The normalized spacial score (nSPS) is 29.8. The van der Waals surface area contributed by atoms with E-state index in [2.05, 4.69) is 13.5 Å². The van der Waals surface area contributed by atoms with E-state index in [9.17, 15) is 4.79 Å². The quantitative estimate of drug-likeness (QED) is 0.589. The highest BCUT2D eigenvalue weighted by Gasteiger charge is 2.27. The van der Waals surface area contributed by atoms with Gasteiger partial charge in [0.1, 0.15) is 0 Å². The highest BCUT2D eigenvalue weighted by Crippen LogP contribution is 2.32. The summed E-state index contributed by atoms with van der Waals surface area (Å²) in [5.41, 5.74) is 0. The number of ketones is 1. The van der Waals surface area contributed by atoms with Crippen molar-refractivity contribution in [1.29, 1.82) is 0 Å². The first-order chi connectivity index (χ1) is 5.79. The molecular weight excluding hydrogens is 148 g/mol. The topological polar surface area (TPSA) is 17.1 Å². The van der Waals surface area contributed by atoms with E-state index in [0.29, 0.717) is 11.8 Å². The van der Waals surface area contributed by atoms with Crippen LogP contribution in [0.2, 0.25) is 0 Å². The van der Waals surface area contributed by atoms with Gasteiger partial charge in [0.2, 0.25) is 0 Å². The molecule has 1 heteroatoms. The van der Waals surface area contributed by atoms with Crippen LogP contribution in [-0.4, -0.2) is 5.78 Å². The Labute approximate surface area is 74.9 Å². The smallest absolute Gasteiger partial charge is 0.158 e. The molecule has 1 saturated carbocycles. The second kappa shape index (κ2) is 4.44. The zero-order valence-corrected chi connectivity index (χ0v) is 7.88. The van der Waals surface area contributed by atoms with Crippen LogP contribution in [-0.2, 0) is 4.79 Å². The largest absolute Gasteiger partial charge is 0.295 e. The van der Waals surface area contributed by atoms with Gasteiger partial charge in [0.15, 0.2) is 5.78 Å². The van der Waals surface area contributed by atoms with Crippen LogP contribution in [0.5, 0.6) is 0 Å². The van der Waals surface area contributed by atoms with Gasteiger partial charge in [-0.25, -0.2) is 0 Å². The lowest BCUT2D eigenvalue weighted by molar-refractivity contribution is -0.120. The molecule has 1 aliphatic rings. The number of carbonyl (C=O) groups is 1. The molecule has 68 valence electrons. The first-order valence-electron chi connectivity index (χ1n) is 4.95. The van der Waals surface area contributed by atoms with E-state index in [-0.39, 0.29) is 5.78 Å². The number of rotatable bonds is 3. The number of allylic oxidation sites excluding steroid dienone is 1. The molecule has 0 bridgehead atoms. The van der Waals surface area contributed by atoms with E-state index in [1.165, 1.54) is 25.3 Å². The summed E-state index contributed by atoms with van der Waals surface area (Å²) < 4.78 is 0. The summed E-state index contributed by atoms with van der Waals surface area (Å²) in [5, 5.41) is 0. The second-order valence-corrected chi connectivity index (χ2v) is 3.67. The van der Waals surface area contributed by atoms with Crippen LogP contribution in [0.3, 0.4) is 0 Å². The summed E-state index contributed by atoms with van der Waals surface area (Å²) in [6.45, 7) is 5.73. The predicted molar refractivity (Wildman–Crippen MR) is 50.9 cm³/mol. The van der Waals surface area contributed by atoms with Crippen molar-refractivity contribution in [2.75, 3.05) is 0 Å². The minimum absolute atomic E-state index is 0.265. The maximum Gasteiger partial charge on any atom is 0.158 e. The molecule has 1 aliphatic carbocycles. The zero-order chi connectivity index (χ0) is 8.97. The van der Waals surface area contributed by atoms with E-state index >= 15 is 0 Å². The molecule has 0 spiro atoms. The molecule has 0 amide bonds. The Hall–Kier alpha value is -0.590. The summed E-state index contributed by atoms with van der Waals surface area (Å²) in [6.07, 6.45) is 7.49. The fourth-order valence-corrected chi connectivity index (χ4v) is 2.22. The first-order valence-corrected chi connectivity index (χ1v) is 4.95. The standard InChI is InChI=1S/C11H18O/c1-3-9-7-5-6-8-10(9)11(12)4-2/h4,9-10H,2-3,5-8H2,1H3. The molecule has 0 aromatic carbocycles.